The molecule has 0 aliphatic carbocycles. The molecule has 0 spiro atoms. The second kappa shape index (κ2) is 5.52. The number of hydrogen-bond donors (Lipinski definition) is 1. The smallest absolute Gasteiger partial charge is 0.259 e. The summed E-state index contributed by atoms with van der Waals surface area (Å²) in [6, 6.07) is 2.09. The fourth-order valence-corrected chi connectivity index (χ4v) is 2.13. The molecule has 4 nitrogen and oxygen atoms in total. The average molecular weight is 270 g/mol. The van der Waals surface area contributed by atoms with Gasteiger partial charge in [-0.05, 0) is 25.0 Å². The molecule has 1 aliphatic heterocycles. The highest BCUT2D eigenvalue weighted by molar-refractivity contribution is 5.95. The Hall–Kier alpha value is -1.69. The van der Waals surface area contributed by atoms with Crippen LogP contribution in [0.5, 0.6) is 0 Å². The molecule has 0 aromatic heterocycles. The third-order valence-electron chi connectivity index (χ3n) is 3.18. The third kappa shape index (κ3) is 2.84. The van der Waals surface area contributed by atoms with Gasteiger partial charge in [-0.1, -0.05) is 0 Å². The van der Waals surface area contributed by atoms with Crippen molar-refractivity contribution in [3.63, 3.8) is 0 Å². The lowest BCUT2D eigenvalue weighted by atomic mass is 10.1. The SMILES string of the molecule is CN(CC1CCCO1)C(=O)c1c(F)ccc(N)c1F. The largest absolute Gasteiger partial charge is 0.396 e. The number of rotatable bonds is 3. The minimum atomic E-state index is -1.01. The molecule has 1 aliphatic rings. The molecule has 1 unspecified atom stereocenters. The van der Waals surface area contributed by atoms with E-state index in [2.05, 4.69) is 0 Å². The fraction of sp³-hybridized carbons (Fsp3) is 0.462. The van der Waals surface area contributed by atoms with Gasteiger partial charge in [0, 0.05) is 20.2 Å². The lowest BCUT2D eigenvalue weighted by molar-refractivity contribution is 0.0580. The summed E-state index contributed by atoms with van der Waals surface area (Å²) in [5.74, 6) is -2.64. The van der Waals surface area contributed by atoms with Crippen LogP contribution >= 0.6 is 0 Å². The van der Waals surface area contributed by atoms with Crippen LogP contribution in [-0.2, 0) is 4.74 Å². The molecular weight excluding hydrogens is 254 g/mol. The van der Waals surface area contributed by atoms with Crippen LogP contribution in [0.4, 0.5) is 14.5 Å². The van der Waals surface area contributed by atoms with Crippen LogP contribution in [-0.4, -0.2) is 37.1 Å². The molecule has 2 rings (SSSR count). The molecule has 19 heavy (non-hydrogen) atoms. The number of carbonyl (C=O) groups excluding carboxylic acids is 1. The van der Waals surface area contributed by atoms with Gasteiger partial charge in [-0.15, -0.1) is 0 Å². The number of anilines is 1. The van der Waals surface area contributed by atoms with Crippen LogP contribution < -0.4 is 5.73 Å². The van der Waals surface area contributed by atoms with E-state index in [1.807, 2.05) is 0 Å². The normalized spacial score (nSPS) is 18.6. The highest BCUT2D eigenvalue weighted by Gasteiger charge is 2.25. The van der Waals surface area contributed by atoms with Crippen molar-refractivity contribution < 1.29 is 18.3 Å². The van der Waals surface area contributed by atoms with Crippen LogP contribution in [0.2, 0.25) is 0 Å². The standard InChI is InChI=1S/C13H16F2N2O2/c1-17(7-8-3-2-6-19-8)13(18)11-9(14)4-5-10(16)12(11)15/h4-5,8H,2-3,6-7,16H2,1H3. The van der Waals surface area contributed by atoms with Gasteiger partial charge in [0.1, 0.15) is 11.4 Å². The Balaban J connectivity index is 2.16. The Morgan fingerprint density at radius 3 is 2.89 bits per heavy atom. The molecule has 104 valence electrons. The van der Waals surface area contributed by atoms with Crippen molar-refractivity contribution in [2.24, 2.45) is 0 Å². The molecule has 6 heteroatoms. The van der Waals surface area contributed by atoms with Gasteiger partial charge in [0.15, 0.2) is 5.82 Å². The number of nitrogens with two attached hydrogens (primary N) is 1. The molecule has 0 radical (unpaired) electrons. The van der Waals surface area contributed by atoms with Crippen LogP contribution in [0.15, 0.2) is 12.1 Å². The van der Waals surface area contributed by atoms with Gasteiger partial charge < -0.3 is 15.4 Å². The summed E-state index contributed by atoms with van der Waals surface area (Å²) in [4.78, 5) is 13.3. The van der Waals surface area contributed by atoms with Crippen molar-refractivity contribution in [3.05, 3.63) is 29.3 Å². The summed E-state index contributed by atoms with van der Waals surface area (Å²) >= 11 is 0. The fourth-order valence-electron chi connectivity index (χ4n) is 2.13. The Kier molecular flexibility index (Phi) is 3.99. The number of ether oxygens (including phenoxy) is 1. The van der Waals surface area contributed by atoms with E-state index in [9.17, 15) is 13.6 Å². The van der Waals surface area contributed by atoms with Gasteiger partial charge in [0.2, 0.25) is 0 Å². The van der Waals surface area contributed by atoms with E-state index in [0.717, 1.165) is 25.0 Å². The van der Waals surface area contributed by atoms with Crippen LogP contribution in [0.3, 0.4) is 0 Å². The van der Waals surface area contributed by atoms with Gasteiger partial charge >= 0.3 is 0 Å². The molecule has 1 heterocycles. The van der Waals surface area contributed by atoms with E-state index in [1.54, 1.807) is 0 Å². The zero-order valence-corrected chi connectivity index (χ0v) is 10.7. The topological polar surface area (TPSA) is 55.6 Å². The van der Waals surface area contributed by atoms with Gasteiger partial charge in [0.25, 0.3) is 5.91 Å². The monoisotopic (exact) mass is 270 g/mol. The van der Waals surface area contributed by atoms with Crippen LogP contribution in [0.1, 0.15) is 23.2 Å². The number of benzene rings is 1. The van der Waals surface area contributed by atoms with E-state index in [4.69, 9.17) is 10.5 Å². The van der Waals surface area contributed by atoms with E-state index < -0.39 is 23.1 Å². The summed E-state index contributed by atoms with van der Waals surface area (Å²) in [6.07, 6.45) is 1.72. The first-order valence-electron chi connectivity index (χ1n) is 6.11. The first kappa shape index (κ1) is 13.7. The molecule has 1 aromatic carbocycles. The molecule has 1 fully saturated rings. The lowest BCUT2D eigenvalue weighted by Gasteiger charge is -2.21. The van der Waals surface area contributed by atoms with Gasteiger partial charge in [-0.2, -0.15) is 0 Å². The summed E-state index contributed by atoms with van der Waals surface area (Å²) in [7, 11) is 1.49. The summed E-state index contributed by atoms with van der Waals surface area (Å²) in [5.41, 5.74) is 4.50. The van der Waals surface area contributed by atoms with Gasteiger partial charge in [0.05, 0.1) is 11.8 Å². The Morgan fingerprint density at radius 1 is 1.53 bits per heavy atom. The number of nitrogens with zero attached hydrogens (tertiary/aromatic N) is 1. The number of halogens is 2. The molecule has 1 saturated heterocycles. The minimum Gasteiger partial charge on any atom is -0.396 e. The number of likely N-dealkylation sites (N-methyl/N-ethyl adjacent to an activating group) is 1. The third-order valence-corrected chi connectivity index (χ3v) is 3.18. The summed E-state index contributed by atoms with van der Waals surface area (Å²) in [6.45, 7) is 0.972. The Bertz CT molecular complexity index is 488. The van der Waals surface area contributed by atoms with Crippen molar-refractivity contribution in [3.8, 4) is 0 Å². The highest BCUT2D eigenvalue weighted by Crippen LogP contribution is 2.21. The second-order valence-corrected chi connectivity index (χ2v) is 4.65. The summed E-state index contributed by atoms with van der Waals surface area (Å²) in [5, 5.41) is 0. The van der Waals surface area contributed by atoms with E-state index in [1.165, 1.54) is 11.9 Å². The van der Waals surface area contributed by atoms with Crippen molar-refractivity contribution in [2.45, 2.75) is 18.9 Å². The van der Waals surface area contributed by atoms with Crippen LogP contribution in [0, 0.1) is 11.6 Å². The highest BCUT2D eigenvalue weighted by atomic mass is 19.1. The van der Waals surface area contributed by atoms with Crippen molar-refractivity contribution in [1.29, 1.82) is 0 Å². The zero-order valence-electron chi connectivity index (χ0n) is 10.7. The van der Waals surface area contributed by atoms with E-state index in [-0.39, 0.29) is 11.8 Å². The van der Waals surface area contributed by atoms with Crippen molar-refractivity contribution >= 4 is 11.6 Å². The molecular formula is C13H16F2N2O2. The van der Waals surface area contributed by atoms with Gasteiger partial charge in [-0.25, -0.2) is 8.78 Å². The summed E-state index contributed by atoms with van der Waals surface area (Å²) < 4.78 is 32.7. The molecule has 0 bridgehead atoms. The molecule has 0 saturated carbocycles. The Labute approximate surface area is 110 Å². The Morgan fingerprint density at radius 2 is 2.26 bits per heavy atom. The molecule has 2 N–H and O–H groups in total. The predicted octanol–water partition coefficient (Wildman–Crippen LogP) is 1.80. The molecule has 1 atom stereocenters. The van der Waals surface area contributed by atoms with E-state index in [0.29, 0.717) is 13.2 Å². The zero-order chi connectivity index (χ0) is 14.0. The number of carbonyl (C=O) groups is 1. The number of hydrogen-bond acceptors (Lipinski definition) is 3. The first-order valence-corrected chi connectivity index (χ1v) is 6.11. The lowest BCUT2D eigenvalue weighted by Crippen LogP contribution is -2.35. The maximum absolute atomic E-state index is 13.7. The number of nitrogen functional groups attached to an aromatic ring is 1. The quantitative estimate of drug-likeness (QED) is 0.852. The first-order chi connectivity index (χ1) is 9.00. The minimum absolute atomic E-state index is 0.0684. The maximum atomic E-state index is 13.7. The second-order valence-electron chi connectivity index (χ2n) is 4.65. The maximum Gasteiger partial charge on any atom is 0.259 e. The van der Waals surface area contributed by atoms with Crippen molar-refractivity contribution in [1.82, 2.24) is 4.90 Å². The van der Waals surface area contributed by atoms with Gasteiger partial charge in [-0.3, -0.25) is 4.79 Å². The van der Waals surface area contributed by atoms with Crippen LogP contribution in [0.25, 0.3) is 0 Å². The number of amides is 1. The average Bonchev–Trinajstić information content (AvgIpc) is 2.87. The molecule has 1 amide bonds. The molecule has 1 aromatic rings. The predicted molar refractivity (Wildman–Crippen MR) is 66.7 cm³/mol. The van der Waals surface area contributed by atoms with E-state index >= 15 is 0 Å². The van der Waals surface area contributed by atoms with Crippen molar-refractivity contribution in [2.75, 3.05) is 25.9 Å².